The third kappa shape index (κ3) is 5.44. The average molecular weight is 496 g/mol. The first-order chi connectivity index (χ1) is 16.4. The van der Waals surface area contributed by atoms with Gasteiger partial charge in [0.15, 0.2) is 0 Å². The molecule has 4 aromatic rings. The number of aromatic nitrogens is 1. The van der Waals surface area contributed by atoms with Gasteiger partial charge in [-0.1, -0.05) is 48.5 Å². The summed E-state index contributed by atoms with van der Waals surface area (Å²) in [5.41, 5.74) is 2.35. The zero-order chi connectivity index (χ0) is 24.1. The van der Waals surface area contributed by atoms with Crippen LogP contribution < -0.4 is 10.1 Å². The molecule has 4 rings (SSSR count). The topological polar surface area (TPSA) is 88.6 Å². The summed E-state index contributed by atoms with van der Waals surface area (Å²) < 4.78 is 34.5. The van der Waals surface area contributed by atoms with Crippen LogP contribution >= 0.6 is 11.3 Å². The van der Waals surface area contributed by atoms with Gasteiger partial charge in [0.2, 0.25) is 15.9 Å². The Morgan fingerprint density at radius 2 is 1.79 bits per heavy atom. The molecule has 0 radical (unpaired) electrons. The molecule has 0 atom stereocenters. The summed E-state index contributed by atoms with van der Waals surface area (Å²) in [6.45, 7) is 1.87. The van der Waals surface area contributed by atoms with Crippen molar-refractivity contribution in [3.63, 3.8) is 0 Å². The summed E-state index contributed by atoms with van der Waals surface area (Å²) in [7, 11) is -2.38. The fourth-order valence-electron chi connectivity index (χ4n) is 3.60. The minimum Gasteiger partial charge on any atom is -0.496 e. The van der Waals surface area contributed by atoms with E-state index in [0.717, 1.165) is 26.4 Å². The normalized spacial score (nSPS) is 11.6. The van der Waals surface area contributed by atoms with E-state index >= 15 is 0 Å². The highest BCUT2D eigenvalue weighted by atomic mass is 32.2. The van der Waals surface area contributed by atoms with E-state index in [4.69, 9.17) is 4.74 Å². The van der Waals surface area contributed by atoms with Crippen molar-refractivity contribution in [2.75, 3.05) is 13.7 Å². The van der Waals surface area contributed by atoms with E-state index in [1.807, 2.05) is 61.5 Å². The van der Waals surface area contributed by atoms with Gasteiger partial charge in [0.05, 0.1) is 33.8 Å². The van der Waals surface area contributed by atoms with Crippen molar-refractivity contribution in [2.45, 2.75) is 24.9 Å². The minimum atomic E-state index is -3.95. The molecule has 0 aliphatic carbocycles. The van der Waals surface area contributed by atoms with Crippen LogP contribution in [0.4, 0.5) is 0 Å². The number of ether oxygens (including phenoxy) is 1. The quantitative estimate of drug-likeness (QED) is 0.377. The minimum absolute atomic E-state index is 0.0744. The molecule has 3 aromatic carbocycles. The van der Waals surface area contributed by atoms with E-state index < -0.39 is 15.9 Å². The Kier molecular flexibility index (Phi) is 7.26. The zero-order valence-corrected chi connectivity index (χ0v) is 20.5. The van der Waals surface area contributed by atoms with E-state index in [1.54, 1.807) is 25.3 Å². The molecule has 9 heteroatoms. The number of hydrogen-bond acceptors (Lipinski definition) is 6. The maximum absolute atomic E-state index is 13.6. The van der Waals surface area contributed by atoms with Crippen molar-refractivity contribution in [1.82, 2.24) is 14.6 Å². The summed E-state index contributed by atoms with van der Waals surface area (Å²) in [6.07, 6.45) is 0. The van der Waals surface area contributed by atoms with Crippen molar-refractivity contribution in [3.05, 3.63) is 88.9 Å². The van der Waals surface area contributed by atoms with Gasteiger partial charge in [-0.15, -0.1) is 11.3 Å². The molecule has 0 fully saturated rings. The van der Waals surface area contributed by atoms with Crippen LogP contribution in [0.15, 0.2) is 77.7 Å². The van der Waals surface area contributed by atoms with Crippen molar-refractivity contribution in [1.29, 1.82) is 0 Å². The van der Waals surface area contributed by atoms with Crippen molar-refractivity contribution < 1.29 is 17.9 Å². The number of hydrogen-bond donors (Lipinski definition) is 1. The Morgan fingerprint density at radius 1 is 1.06 bits per heavy atom. The molecule has 34 heavy (non-hydrogen) atoms. The molecule has 0 aliphatic heterocycles. The third-order valence-electron chi connectivity index (χ3n) is 5.29. The first-order valence-corrected chi connectivity index (χ1v) is 12.9. The number of nitrogens with zero attached hydrogens (tertiary/aromatic N) is 2. The number of sulfonamides is 1. The number of para-hydroxylation sites is 1. The predicted molar refractivity (Wildman–Crippen MR) is 133 cm³/mol. The lowest BCUT2D eigenvalue weighted by Gasteiger charge is -2.22. The van der Waals surface area contributed by atoms with Crippen molar-refractivity contribution >= 4 is 37.5 Å². The van der Waals surface area contributed by atoms with Crippen LogP contribution in [0.3, 0.4) is 0 Å². The molecule has 1 aromatic heterocycles. The van der Waals surface area contributed by atoms with Gasteiger partial charge in [0.25, 0.3) is 0 Å². The molecule has 0 saturated carbocycles. The van der Waals surface area contributed by atoms with Gasteiger partial charge in [-0.25, -0.2) is 13.4 Å². The highest BCUT2D eigenvalue weighted by Crippen LogP contribution is 2.27. The predicted octanol–water partition coefficient (Wildman–Crippen LogP) is 4.12. The lowest BCUT2D eigenvalue weighted by atomic mass is 10.2. The van der Waals surface area contributed by atoms with Crippen LogP contribution in [0.2, 0.25) is 0 Å². The Balaban J connectivity index is 1.58. The summed E-state index contributed by atoms with van der Waals surface area (Å²) in [5.74, 6) is 0.254. The molecule has 0 unspecified atom stereocenters. The monoisotopic (exact) mass is 495 g/mol. The van der Waals surface area contributed by atoms with Gasteiger partial charge >= 0.3 is 0 Å². The van der Waals surface area contributed by atoms with Crippen LogP contribution in [-0.4, -0.2) is 37.3 Å². The summed E-state index contributed by atoms with van der Waals surface area (Å²) >= 11 is 1.44. The maximum Gasteiger partial charge on any atom is 0.243 e. The van der Waals surface area contributed by atoms with Crippen LogP contribution in [0.1, 0.15) is 16.1 Å². The fourth-order valence-corrected chi connectivity index (χ4v) is 5.95. The van der Waals surface area contributed by atoms with Crippen LogP contribution in [0.5, 0.6) is 5.75 Å². The number of rotatable bonds is 9. The van der Waals surface area contributed by atoms with E-state index in [9.17, 15) is 13.2 Å². The Bertz CT molecular complexity index is 1400. The number of carbonyl (C=O) groups excluding carboxylic acids is 1. The van der Waals surface area contributed by atoms with E-state index in [1.165, 1.54) is 15.6 Å². The van der Waals surface area contributed by atoms with E-state index in [-0.39, 0.29) is 24.5 Å². The van der Waals surface area contributed by atoms with Gasteiger partial charge < -0.3 is 10.1 Å². The Labute approximate surface area is 203 Å². The van der Waals surface area contributed by atoms with Gasteiger partial charge in [-0.2, -0.15) is 4.31 Å². The maximum atomic E-state index is 13.6. The number of fused-ring (bicyclic) bond motifs is 1. The number of methoxy groups -OCH3 is 1. The van der Waals surface area contributed by atoms with Crippen LogP contribution in [0.25, 0.3) is 10.2 Å². The first-order valence-electron chi connectivity index (χ1n) is 10.7. The SMILES string of the molecule is COc1ccccc1CNC(=O)CN(Cc1ccccc1)S(=O)(=O)c1ccc2nc(C)sc2c1. The lowest BCUT2D eigenvalue weighted by Crippen LogP contribution is -2.40. The number of nitrogens with one attached hydrogen (secondary N) is 1. The summed E-state index contributed by atoms with van der Waals surface area (Å²) in [5, 5.41) is 3.68. The van der Waals surface area contributed by atoms with Crippen molar-refractivity contribution in [3.8, 4) is 5.75 Å². The van der Waals surface area contributed by atoms with Crippen LogP contribution in [0, 0.1) is 6.92 Å². The zero-order valence-electron chi connectivity index (χ0n) is 18.9. The second kappa shape index (κ2) is 10.3. The largest absolute Gasteiger partial charge is 0.496 e. The molecule has 1 heterocycles. The molecular formula is C25H25N3O4S2. The molecule has 1 N–H and O–H groups in total. The van der Waals surface area contributed by atoms with Gasteiger partial charge in [0.1, 0.15) is 5.75 Å². The number of carbonyl (C=O) groups is 1. The van der Waals surface area contributed by atoms with Gasteiger partial charge in [-0.3, -0.25) is 4.79 Å². The van der Waals surface area contributed by atoms with Crippen molar-refractivity contribution in [2.24, 2.45) is 0 Å². The molecule has 176 valence electrons. The fraction of sp³-hybridized carbons (Fsp3) is 0.200. The van der Waals surface area contributed by atoms with Gasteiger partial charge in [0, 0.05) is 18.7 Å². The molecule has 7 nitrogen and oxygen atoms in total. The smallest absolute Gasteiger partial charge is 0.243 e. The molecule has 0 spiro atoms. The number of aryl methyl sites for hydroxylation is 1. The molecule has 0 bridgehead atoms. The van der Waals surface area contributed by atoms with E-state index in [0.29, 0.717) is 5.75 Å². The second-order valence-electron chi connectivity index (χ2n) is 7.71. The average Bonchev–Trinajstić information content (AvgIpc) is 3.22. The Morgan fingerprint density at radius 3 is 2.56 bits per heavy atom. The number of amides is 1. The second-order valence-corrected chi connectivity index (χ2v) is 10.9. The molecule has 0 aliphatic rings. The van der Waals surface area contributed by atoms with E-state index in [2.05, 4.69) is 10.3 Å². The molecule has 1 amide bonds. The lowest BCUT2D eigenvalue weighted by molar-refractivity contribution is -0.121. The highest BCUT2D eigenvalue weighted by molar-refractivity contribution is 7.89. The third-order valence-corrected chi connectivity index (χ3v) is 8.02. The molecular weight excluding hydrogens is 470 g/mol. The van der Waals surface area contributed by atoms with Crippen LogP contribution in [-0.2, 0) is 27.9 Å². The van der Waals surface area contributed by atoms with Gasteiger partial charge in [-0.05, 0) is 36.8 Å². The first kappa shape index (κ1) is 23.9. The number of thiazole rings is 1. The standard InChI is InChI=1S/C25H25N3O4S2/c1-18-27-22-13-12-21(14-24(22)33-18)34(30,31)28(16-19-8-4-3-5-9-19)17-25(29)26-15-20-10-6-7-11-23(20)32-2/h3-14H,15-17H2,1-2H3,(H,26,29). The number of benzene rings is 3. The molecule has 0 saturated heterocycles. The summed E-state index contributed by atoms with van der Waals surface area (Å²) in [6, 6.07) is 21.5. The Hall–Kier alpha value is -3.27. The summed E-state index contributed by atoms with van der Waals surface area (Å²) in [4.78, 5) is 17.4. The highest BCUT2D eigenvalue weighted by Gasteiger charge is 2.27.